The number of rotatable bonds is 7. The van der Waals surface area contributed by atoms with Crippen LogP contribution in [-0.4, -0.2) is 33.5 Å². The van der Waals surface area contributed by atoms with Gasteiger partial charge in [-0.3, -0.25) is 0 Å². The van der Waals surface area contributed by atoms with E-state index in [2.05, 4.69) is 9.46 Å². The lowest BCUT2D eigenvalue weighted by molar-refractivity contribution is 0.0453. The Bertz CT molecular complexity index is 899. The number of esters is 2. The summed E-state index contributed by atoms with van der Waals surface area (Å²) in [7, 11) is -2.52. The Morgan fingerprint density at radius 2 is 1.92 bits per heavy atom. The topological polar surface area (TPSA) is 112 Å². The van der Waals surface area contributed by atoms with Crippen LogP contribution in [0.15, 0.2) is 45.9 Å². The minimum atomic E-state index is -3.73. The van der Waals surface area contributed by atoms with Crippen LogP contribution in [0.2, 0.25) is 0 Å². The van der Waals surface area contributed by atoms with Crippen molar-refractivity contribution in [1.82, 2.24) is 4.72 Å². The van der Waals surface area contributed by atoms with Crippen LogP contribution in [-0.2, 0) is 26.1 Å². The van der Waals surface area contributed by atoms with Crippen LogP contribution in [0.1, 0.15) is 40.3 Å². The van der Waals surface area contributed by atoms with Crippen molar-refractivity contribution in [1.29, 1.82) is 0 Å². The van der Waals surface area contributed by atoms with Gasteiger partial charge in [0.2, 0.25) is 15.8 Å². The first kappa shape index (κ1) is 19.7. The number of carbonyl (C=O) groups is 2. The summed E-state index contributed by atoms with van der Waals surface area (Å²) >= 11 is 0. The highest BCUT2D eigenvalue weighted by molar-refractivity contribution is 7.89. The summed E-state index contributed by atoms with van der Waals surface area (Å²) in [5.74, 6) is -1.48. The molecule has 1 N–H and O–H groups in total. The molecule has 0 saturated carbocycles. The summed E-state index contributed by atoms with van der Waals surface area (Å²) in [6.07, 6.45) is 1.28. The predicted molar refractivity (Wildman–Crippen MR) is 91.1 cm³/mol. The van der Waals surface area contributed by atoms with Gasteiger partial charge in [0.1, 0.15) is 6.61 Å². The first-order valence-corrected chi connectivity index (χ1v) is 9.17. The van der Waals surface area contributed by atoms with Gasteiger partial charge in [-0.15, -0.1) is 0 Å². The second kappa shape index (κ2) is 8.15. The fourth-order valence-corrected chi connectivity index (χ4v) is 3.41. The second-order valence-electron chi connectivity index (χ2n) is 5.65. The Morgan fingerprint density at radius 1 is 1.19 bits per heavy atom. The lowest BCUT2D eigenvalue weighted by Crippen LogP contribution is -2.30. The van der Waals surface area contributed by atoms with Crippen LogP contribution in [0.5, 0.6) is 0 Å². The number of benzene rings is 1. The number of methoxy groups -OCH3 is 1. The van der Waals surface area contributed by atoms with Crippen LogP contribution in [0.25, 0.3) is 0 Å². The van der Waals surface area contributed by atoms with E-state index in [0.717, 1.165) is 0 Å². The minimum absolute atomic E-state index is 0.0424. The third-order valence-electron chi connectivity index (χ3n) is 3.25. The number of ether oxygens (including phenoxy) is 2. The molecule has 0 amide bonds. The molecular weight excluding hydrogens is 362 g/mol. The van der Waals surface area contributed by atoms with Gasteiger partial charge in [-0.1, -0.05) is 6.07 Å². The average molecular weight is 381 g/mol. The highest BCUT2D eigenvalue weighted by Crippen LogP contribution is 2.16. The number of carbonyl (C=O) groups excluding carboxylic acids is 2. The van der Waals surface area contributed by atoms with E-state index in [0.29, 0.717) is 5.56 Å². The van der Waals surface area contributed by atoms with E-state index in [-0.39, 0.29) is 28.9 Å². The molecule has 26 heavy (non-hydrogen) atoms. The average Bonchev–Trinajstić information content (AvgIpc) is 3.06. The van der Waals surface area contributed by atoms with Gasteiger partial charge in [0, 0.05) is 11.6 Å². The van der Waals surface area contributed by atoms with E-state index in [1.807, 2.05) is 0 Å². The number of sulfonamides is 1. The van der Waals surface area contributed by atoms with Crippen LogP contribution in [0, 0.1) is 0 Å². The molecule has 2 aromatic rings. The molecule has 0 atom stereocenters. The predicted octanol–water partition coefficient (Wildman–Crippen LogP) is 2.11. The fraction of sp³-hybridized carbons (Fsp3) is 0.294. The van der Waals surface area contributed by atoms with Crippen molar-refractivity contribution in [3.63, 3.8) is 0 Å². The Morgan fingerprint density at radius 3 is 2.58 bits per heavy atom. The van der Waals surface area contributed by atoms with E-state index in [1.165, 1.54) is 43.7 Å². The fourth-order valence-electron chi connectivity index (χ4n) is 2.12. The number of nitrogens with one attached hydrogen (secondary N) is 1. The lowest BCUT2D eigenvalue weighted by atomic mass is 10.2. The van der Waals surface area contributed by atoms with Crippen LogP contribution >= 0.6 is 0 Å². The van der Waals surface area contributed by atoms with Gasteiger partial charge in [-0.05, 0) is 38.1 Å². The molecule has 0 aliphatic heterocycles. The van der Waals surface area contributed by atoms with E-state index < -0.39 is 22.0 Å². The molecule has 9 heteroatoms. The largest absolute Gasteiger partial charge is 0.463 e. The van der Waals surface area contributed by atoms with Gasteiger partial charge in [0.25, 0.3) is 0 Å². The summed E-state index contributed by atoms with van der Waals surface area (Å²) in [4.78, 5) is 23.7. The molecule has 0 radical (unpaired) electrons. The highest BCUT2D eigenvalue weighted by atomic mass is 32.2. The molecule has 0 aliphatic carbocycles. The number of hydrogen-bond acceptors (Lipinski definition) is 7. The molecular formula is C17H19NO7S. The Hall–Kier alpha value is -2.65. The van der Waals surface area contributed by atoms with Gasteiger partial charge < -0.3 is 13.9 Å². The first-order valence-electron chi connectivity index (χ1n) is 7.69. The molecule has 1 heterocycles. The van der Waals surface area contributed by atoms with E-state index >= 15 is 0 Å². The van der Waals surface area contributed by atoms with Crippen molar-refractivity contribution in [2.75, 3.05) is 7.11 Å². The molecule has 0 aliphatic rings. The van der Waals surface area contributed by atoms with E-state index in [1.54, 1.807) is 13.8 Å². The standard InChI is InChI=1S/C17H19NO7S/c1-11(2)18-26(21,22)14-6-4-5-12(9-14)16(19)25-10-13-7-8-24-15(13)17(20)23-3/h4-9,11,18H,10H2,1-3H3. The maximum absolute atomic E-state index is 12.2. The maximum atomic E-state index is 12.2. The minimum Gasteiger partial charge on any atom is -0.463 e. The molecule has 8 nitrogen and oxygen atoms in total. The second-order valence-corrected chi connectivity index (χ2v) is 7.36. The van der Waals surface area contributed by atoms with Crippen molar-refractivity contribution in [3.8, 4) is 0 Å². The molecule has 140 valence electrons. The Balaban J connectivity index is 2.13. The Labute approximate surface area is 151 Å². The number of furan rings is 1. The highest BCUT2D eigenvalue weighted by Gasteiger charge is 2.20. The zero-order valence-corrected chi connectivity index (χ0v) is 15.3. The lowest BCUT2D eigenvalue weighted by Gasteiger charge is -2.10. The Kier molecular flexibility index (Phi) is 6.17. The van der Waals surface area contributed by atoms with Crippen molar-refractivity contribution in [2.24, 2.45) is 0 Å². The summed E-state index contributed by atoms with van der Waals surface area (Å²) in [6, 6.07) is 6.69. The van der Waals surface area contributed by atoms with Gasteiger partial charge in [-0.25, -0.2) is 22.7 Å². The van der Waals surface area contributed by atoms with E-state index in [4.69, 9.17) is 9.15 Å². The van der Waals surface area contributed by atoms with Crippen molar-refractivity contribution >= 4 is 22.0 Å². The van der Waals surface area contributed by atoms with Gasteiger partial charge in [0.05, 0.1) is 23.8 Å². The smallest absolute Gasteiger partial charge is 0.374 e. The summed E-state index contributed by atoms with van der Waals surface area (Å²) in [5.41, 5.74) is 0.412. The third kappa shape index (κ3) is 4.70. The van der Waals surface area contributed by atoms with Gasteiger partial charge in [-0.2, -0.15) is 0 Å². The van der Waals surface area contributed by atoms with Crippen LogP contribution in [0.3, 0.4) is 0 Å². The maximum Gasteiger partial charge on any atom is 0.374 e. The number of hydrogen-bond donors (Lipinski definition) is 1. The molecule has 0 fully saturated rings. The molecule has 0 unspecified atom stereocenters. The molecule has 1 aromatic heterocycles. The normalized spacial score (nSPS) is 11.4. The first-order chi connectivity index (χ1) is 12.2. The molecule has 0 saturated heterocycles. The van der Waals surface area contributed by atoms with Crippen LogP contribution in [0.4, 0.5) is 0 Å². The van der Waals surface area contributed by atoms with Crippen molar-refractivity contribution in [3.05, 3.63) is 53.5 Å². The molecule has 0 spiro atoms. The summed E-state index contributed by atoms with van der Waals surface area (Å²) in [5, 5.41) is 0. The quantitative estimate of drug-likeness (QED) is 0.731. The summed E-state index contributed by atoms with van der Waals surface area (Å²) < 4.78 is 41.5. The SMILES string of the molecule is COC(=O)c1occc1COC(=O)c1cccc(S(=O)(=O)NC(C)C)c1. The van der Waals surface area contributed by atoms with Gasteiger partial charge >= 0.3 is 11.9 Å². The molecule has 0 bridgehead atoms. The zero-order chi connectivity index (χ0) is 19.3. The van der Waals surface area contributed by atoms with Gasteiger partial charge in [0.15, 0.2) is 0 Å². The van der Waals surface area contributed by atoms with E-state index in [9.17, 15) is 18.0 Å². The third-order valence-corrected chi connectivity index (χ3v) is 4.90. The van der Waals surface area contributed by atoms with Crippen molar-refractivity contribution < 1.29 is 31.9 Å². The molecule has 1 aromatic carbocycles. The zero-order valence-electron chi connectivity index (χ0n) is 14.5. The van der Waals surface area contributed by atoms with Crippen molar-refractivity contribution in [2.45, 2.75) is 31.4 Å². The molecule has 2 rings (SSSR count). The summed E-state index contributed by atoms with van der Waals surface area (Å²) in [6.45, 7) is 3.17. The monoisotopic (exact) mass is 381 g/mol. The van der Waals surface area contributed by atoms with Crippen LogP contribution < -0.4 is 4.72 Å².